The second kappa shape index (κ2) is 2.80. The van der Waals surface area contributed by atoms with Crippen LogP contribution in [0.25, 0.3) is 0 Å². The zero-order valence-electron chi connectivity index (χ0n) is 6.58. The van der Waals surface area contributed by atoms with Crippen molar-refractivity contribution in [1.29, 1.82) is 0 Å². The molecule has 11 heavy (non-hydrogen) atoms. The van der Waals surface area contributed by atoms with Crippen molar-refractivity contribution in [2.24, 2.45) is 0 Å². The number of hydrogen-bond donors (Lipinski definition) is 0. The first kappa shape index (κ1) is 9.08. The topological polar surface area (TPSA) is 17.1 Å². The van der Waals surface area contributed by atoms with E-state index in [2.05, 4.69) is 0 Å². The first-order valence-electron chi connectivity index (χ1n) is 3.70. The van der Waals surface area contributed by atoms with Gasteiger partial charge in [-0.15, -0.1) is 0 Å². The highest BCUT2D eigenvalue weighted by Gasteiger charge is 2.48. The molecule has 0 spiro atoms. The summed E-state index contributed by atoms with van der Waals surface area (Å²) >= 11 is 11.5. The molecule has 0 amide bonds. The first-order chi connectivity index (χ1) is 5.05. The summed E-state index contributed by atoms with van der Waals surface area (Å²) in [5.74, 6) is -0.111. The van der Waals surface area contributed by atoms with Crippen LogP contribution in [0.2, 0.25) is 0 Å². The molecule has 0 atom stereocenters. The molecule has 0 aromatic heterocycles. The van der Waals surface area contributed by atoms with Crippen LogP contribution >= 0.6 is 23.2 Å². The quantitative estimate of drug-likeness (QED) is 0.616. The van der Waals surface area contributed by atoms with Crippen LogP contribution in [0.5, 0.6) is 0 Å². The summed E-state index contributed by atoms with van der Waals surface area (Å²) in [7, 11) is 0. The number of carbonyl (C=O) groups excluding carboxylic acids is 1. The van der Waals surface area contributed by atoms with E-state index in [1.165, 1.54) is 0 Å². The van der Waals surface area contributed by atoms with E-state index in [1.807, 2.05) is 13.8 Å². The van der Waals surface area contributed by atoms with Gasteiger partial charge in [0.15, 0.2) is 5.78 Å². The Bertz CT molecular complexity index is 228. The average Bonchev–Trinajstić information content (AvgIpc) is 1.98. The molecule has 0 aromatic carbocycles. The molecule has 1 aliphatic rings. The van der Waals surface area contributed by atoms with E-state index in [4.69, 9.17) is 23.2 Å². The predicted molar refractivity (Wildman–Crippen MR) is 47.1 cm³/mol. The van der Waals surface area contributed by atoms with E-state index in [9.17, 15) is 4.79 Å². The number of alkyl halides is 2. The average molecular weight is 193 g/mol. The number of ketones is 1. The SMILES string of the molecule is CCC1=C(CC)C(Cl)(Cl)C1=O. The van der Waals surface area contributed by atoms with Crippen LogP contribution in [0.1, 0.15) is 26.7 Å². The smallest absolute Gasteiger partial charge is 0.201 e. The fourth-order valence-electron chi connectivity index (χ4n) is 1.40. The van der Waals surface area contributed by atoms with Gasteiger partial charge in [0.05, 0.1) is 0 Å². The van der Waals surface area contributed by atoms with E-state index in [-0.39, 0.29) is 5.78 Å². The number of carbonyl (C=O) groups is 1. The minimum atomic E-state index is -1.19. The van der Waals surface area contributed by atoms with Crippen molar-refractivity contribution in [1.82, 2.24) is 0 Å². The van der Waals surface area contributed by atoms with Crippen molar-refractivity contribution in [3.05, 3.63) is 11.1 Å². The van der Waals surface area contributed by atoms with Gasteiger partial charge in [-0.1, -0.05) is 37.0 Å². The van der Waals surface area contributed by atoms with Gasteiger partial charge in [-0.2, -0.15) is 0 Å². The maximum atomic E-state index is 11.2. The molecule has 0 saturated heterocycles. The highest BCUT2D eigenvalue weighted by Crippen LogP contribution is 2.46. The molecular formula is C8H10Cl2O. The Balaban J connectivity index is 3.00. The summed E-state index contributed by atoms with van der Waals surface area (Å²) in [6.45, 7) is 3.89. The maximum Gasteiger partial charge on any atom is 0.201 e. The molecule has 3 heteroatoms. The van der Waals surface area contributed by atoms with Gasteiger partial charge >= 0.3 is 0 Å². The van der Waals surface area contributed by atoms with Crippen LogP contribution in [-0.4, -0.2) is 10.1 Å². The zero-order valence-corrected chi connectivity index (χ0v) is 8.09. The highest BCUT2D eigenvalue weighted by atomic mass is 35.5. The third kappa shape index (κ3) is 1.11. The molecule has 0 aromatic rings. The lowest BCUT2D eigenvalue weighted by atomic mass is 9.82. The standard InChI is InChI=1S/C8H10Cl2O/c1-3-5-6(4-2)8(9,10)7(5)11/h3-4H2,1-2H3. The van der Waals surface area contributed by atoms with Gasteiger partial charge in [0, 0.05) is 5.57 Å². The van der Waals surface area contributed by atoms with Gasteiger partial charge in [-0.05, 0) is 18.4 Å². The number of hydrogen-bond acceptors (Lipinski definition) is 1. The molecule has 0 radical (unpaired) electrons. The third-order valence-corrected chi connectivity index (χ3v) is 2.81. The lowest BCUT2D eigenvalue weighted by Gasteiger charge is -2.33. The van der Waals surface area contributed by atoms with E-state index in [0.717, 1.165) is 24.0 Å². The van der Waals surface area contributed by atoms with E-state index >= 15 is 0 Å². The molecular weight excluding hydrogens is 183 g/mol. The molecule has 1 rings (SSSR count). The van der Waals surface area contributed by atoms with Gasteiger partial charge in [0.1, 0.15) is 0 Å². The molecule has 0 N–H and O–H groups in total. The van der Waals surface area contributed by atoms with Crippen molar-refractivity contribution in [2.75, 3.05) is 0 Å². The molecule has 0 fully saturated rings. The lowest BCUT2D eigenvalue weighted by Crippen LogP contribution is -2.41. The summed E-state index contributed by atoms with van der Waals surface area (Å²) in [6, 6.07) is 0. The van der Waals surface area contributed by atoms with E-state index in [1.54, 1.807) is 0 Å². The fourth-order valence-corrected chi connectivity index (χ4v) is 2.12. The summed E-state index contributed by atoms with van der Waals surface area (Å²) in [5, 5.41) is 0. The van der Waals surface area contributed by atoms with Crippen molar-refractivity contribution in [3.63, 3.8) is 0 Å². The molecule has 1 nitrogen and oxygen atoms in total. The van der Waals surface area contributed by atoms with Crippen LogP contribution in [-0.2, 0) is 4.79 Å². The maximum absolute atomic E-state index is 11.2. The van der Waals surface area contributed by atoms with E-state index in [0.29, 0.717) is 0 Å². The second-order valence-corrected chi connectivity index (χ2v) is 3.90. The Morgan fingerprint density at radius 3 is 2.09 bits per heavy atom. The molecule has 0 bridgehead atoms. The van der Waals surface area contributed by atoms with Gasteiger partial charge in [-0.25, -0.2) is 0 Å². The Morgan fingerprint density at radius 1 is 1.27 bits per heavy atom. The van der Waals surface area contributed by atoms with Gasteiger partial charge in [0.25, 0.3) is 0 Å². The monoisotopic (exact) mass is 192 g/mol. The third-order valence-electron chi connectivity index (χ3n) is 2.01. The number of Topliss-reactive ketones (excluding diaryl/α,β-unsaturated/α-hetero) is 1. The number of halogens is 2. The highest BCUT2D eigenvalue weighted by molar-refractivity contribution is 6.64. The Kier molecular flexibility index (Phi) is 2.31. The van der Waals surface area contributed by atoms with E-state index < -0.39 is 4.33 Å². The normalized spacial score (nSPS) is 22.0. The van der Waals surface area contributed by atoms with Crippen molar-refractivity contribution in [2.45, 2.75) is 31.0 Å². The summed E-state index contributed by atoms with van der Waals surface area (Å²) in [4.78, 5) is 11.2. The fraction of sp³-hybridized carbons (Fsp3) is 0.625. The largest absolute Gasteiger partial charge is 0.291 e. The number of rotatable bonds is 2. The summed E-state index contributed by atoms with van der Waals surface area (Å²) in [5.41, 5.74) is 1.71. The van der Waals surface area contributed by atoms with Crippen LogP contribution in [0.3, 0.4) is 0 Å². The Labute approximate surface area is 76.4 Å². The van der Waals surface area contributed by atoms with Crippen molar-refractivity contribution >= 4 is 29.0 Å². The minimum Gasteiger partial charge on any atom is -0.291 e. The molecule has 0 saturated carbocycles. The molecule has 1 aliphatic carbocycles. The van der Waals surface area contributed by atoms with Crippen molar-refractivity contribution in [3.8, 4) is 0 Å². The molecule has 0 unspecified atom stereocenters. The molecule has 0 aliphatic heterocycles. The summed E-state index contributed by atoms with van der Waals surface area (Å²) in [6.07, 6.45) is 1.51. The Morgan fingerprint density at radius 2 is 1.82 bits per heavy atom. The van der Waals surface area contributed by atoms with Crippen LogP contribution < -0.4 is 0 Å². The molecule has 62 valence electrons. The zero-order chi connectivity index (χ0) is 8.65. The minimum absolute atomic E-state index is 0.111. The van der Waals surface area contributed by atoms with Crippen LogP contribution in [0.4, 0.5) is 0 Å². The number of allylic oxidation sites excluding steroid dienone is 2. The second-order valence-electron chi connectivity index (χ2n) is 2.57. The van der Waals surface area contributed by atoms with Gasteiger partial charge < -0.3 is 0 Å². The Hall–Kier alpha value is -0.0100. The molecule has 0 heterocycles. The van der Waals surface area contributed by atoms with Gasteiger partial charge in [-0.3, -0.25) is 4.79 Å². The van der Waals surface area contributed by atoms with Crippen LogP contribution in [0.15, 0.2) is 11.1 Å². The summed E-state index contributed by atoms with van der Waals surface area (Å²) < 4.78 is -1.19. The van der Waals surface area contributed by atoms with Crippen molar-refractivity contribution < 1.29 is 4.79 Å². The predicted octanol–water partition coefficient (Wildman–Crippen LogP) is 2.86. The first-order valence-corrected chi connectivity index (χ1v) is 4.46. The van der Waals surface area contributed by atoms with Crippen LogP contribution in [0, 0.1) is 0 Å². The van der Waals surface area contributed by atoms with Gasteiger partial charge in [0.2, 0.25) is 4.33 Å². The lowest BCUT2D eigenvalue weighted by molar-refractivity contribution is -0.117.